The molecule has 14 rings (SSSR count). The van der Waals surface area contributed by atoms with E-state index < -0.39 is 0 Å². The van der Waals surface area contributed by atoms with Gasteiger partial charge in [-0.1, -0.05) is 152 Å². The highest BCUT2D eigenvalue weighted by molar-refractivity contribution is 7.00. The molecule has 302 valence electrons. The van der Waals surface area contributed by atoms with Gasteiger partial charge in [0.05, 0.1) is 22.1 Å². The van der Waals surface area contributed by atoms with E-state index in [0.29, 0.717) is 0 Å². The smallest absolute Gasteiger partial charge is 0.252 e. The average Bonchev–Trinajstić information content (AvgIpc) is 3.90. The molecule has 0 saturated heterocycles. The van der Waals surface area contributed by atoms with Crippen LogP contribution >= 0.6 is 0 Å². The number of hydrogen-bond donors (Lipinski definition) is 0. The van der Waals surface area contributed by atoms with Crippen LogP contribution in [-0.4, -0.2) is 15.8 Å². The summed E-state index contributed by atoms with van der Waals surface area (Å²) >= 11 is 0. The molecule has 0 unspecified atom stereocenters. The van der Waals surface area contributed by atoms with Crippen molar-refractivity contribution in [3.63, 3.8) is 0 Å². The monoisotopic (exact) mass is 826 g/mol. The molecule has 2 aliphatic rings. The highest BCUT2D eigenvalue weighted by Crippen LogP contribution is 2.46. The first-order valence-corrected chi connectivity index (χ1v) is 22.5. The lowest BCUT2D eigenvalue weighted by Crippen LogP contribution is -2.61. The first kappa shape index (κ1) is 36.0. The van der Waals surface area contributed by atoms with Crippen LogP contribution in [0.5, 0.6) is 0 Å². The van der Waals surface area contributed by atoms with E-state index in [4.69, 9.17) is 0 Å². The third-order valence-corrected chi connectivity index (χ3v) is 13.9. The Kier molecular flexibility index (Phi) is 7.75. The molecule has 0 spiro atoms. The molecule has 65 heavy (non-hydrogen) atoms. The quantitative estimate of drug-likeness (QED) is 0.161. The molecule has 0 saturated carbocycles. The second kappa shape index (κ2) is 14.0. The number of para-hydroxylation sites is 5. The van der Waals surface area contributed by atoms with E-state index in [0.717, 1.165) is 22.7 Å². The molecule has 2 aliphatic heterocycles. The summed E-state index contributed by atoms with van der Waals surface area (Å²) < 4.78 is 4.88. The van der Waals surface area contributed by atoms with Gasteiger partial charge in [0.15, 0.2) is 0 Å². The zero-order chi connectivity index (χ0) is 42.6. The Morgan fingerprint density at radius 1 is 0.262 bits per heavy atom. The average molecular weight is 827 g/mol. The van der Waals surface area contributed by atoms with Crippen molar-refractivity contribution in [1.29, 1.82) is 0 Å². The lowest BCUT2D eigenvalue weighted by molar-refractivity contribution is 1.17. The highest BCUT2D eigenvalue weighted by Gasteiger charge is 2.43. The van der Waals surface area contributed by atoms with Gasteiger partial charge in [0.1, 0.15) is 0 Å². The van der Waals surface area contributed by atoms with E-state index in [1.165, 1.54) is 93.9 Å². The topological polar surface area (TPSA) is 16.3 Å². The molecule has 0 radical (unpaired) electrons. The number of fused-ring (bicyclic) bond motifs is 10. The predicted octanol–water partition coefficient (Wildman–Crippen LogP) is 13.6. The van der Waals surface area contributed by atoms with E-state index in [9.17, 15) is 0 Å². The van der Waals surface area contributed by atoms with Gasteiger partial charge in [-0.05, 0) is 112 Å². The van der Waals surface area contributed by atoms with Crippen LogP contribution in [0.15, 0.2) is 237 Å². The molecule has 10 aromatic carbocycles. The fraction of sp³-hybridized carbons (Fsp3) is 0. The third-order valence-electron chi connectivity index (χ3n) is 13.9. The number of hydrogen-bond acceptors (Lipinski definition) is 2. The molecule has 5 heteroatoms. The summed E-state index contributed by atoms with van der Waals surface area (Å²) in [5, 5.41) is 5.02. The van der Waals surface area contributed by atoms with Crippen molar-refractivity contribution in [3.05, 3.63) is 237 Å². The van der Waals surface area contributed by atoms with Crippen LogP contribution in [0, 0.1) is 0 Å². The van der Waals surface area contributed by atoms with Crippen molar-refractivity contribution in [3.8, 4) is 22.5 Å². The Bertz CT molecular complexity index is 3740. The van der Waals surface area contributed by atoms with Crippen molar-refractivity contribution in [2.45, 2.75) is 0 Å². The fourth-order valence-electron chi connectivity index (χ4n) is 11.2. The summed E-state index contributed by atoms with van der Waals surface area (Å²) in [5.41, 5.74) is 20.3. The van der Waals surface area contributed by atoms with Gasteiger partial charge in [0.2, 0.25) is 0 Å². The Labute approximate surface area is 377 Å². The summed E-state index contributed by atoms with van der Waals surface area (Å²) in [4.78, 5) is 5.01. The van der Waals surface area contributed by atoms with Gasteiger partial charge < -0.3 is 18.9 Å². The number of nitrogens with zero attached hydrogens (tertiary/aromatic N) is 4. The van der Waals surface area contributed by atoms with Gasteiger partial charge in [-0.25, -0.2) is 0 Å². The Morgan fingerprint density at radius 3 is 1.09 bits per heavy atom. The summed E-state index contributed by atoms with van der Waals surface area (Å²) in [6.07, 6.45) is 0. The van der Waals surface area contributed by atoms with Crippen LogP contribution in [0.2, 0.25) is 0 Å². The van der Waals surface area contributed by atoms with Crippen LogP contribution in [0.25, 0.3) is 66.1 Å². The zero-order valence-corrected chi connectivity index (χ0v) is 35.4. The van der Waals surface area contributed by atoms with Gasteiger partial charge in [-0.3, -0.25) is 0 Å². The molecule has 0 amide bonds. The SMILES string of the molecule is c1ccc(-c2ccc(N3c4cc(-n5c6ccccc6c6ccccc65)ccc4B4c5ccc(-n6c7ccccc7c7ccccc76)cc5N(c5ccccc5)c5cccc3c54)cc2)cc1. The molecule has 12 aromatic rings. The number of aromatic nitrogens is 2. The molecule has 0 fully saturated rings. The first-order valence-electron chi connectivity index (χ1n) is 22.5. The molecule has 0 aliphatic carbocycles. The lowest BCUT2D eigenvalue weighted by atomic mass is 9.33. The van der Waals surface area contributed by atoms with E-state index in [2.05, 4.69) is 256 Å². The number of anilines is 6. The third kappa shape index (κ3) is 5.27. The van der Waals surface area contributed by atoms with Gasteiger partial charge in [-0.2, -0.15) is 0 Å². The van der Waals surface area contributed by atoms with Crippen molar-refractivity contribution in [1.82, 2.24) is 9.13 Å². The van der Waals surface area contributed by atoms with E-state index in [1.54, 1.807) is 0 Å². The largest absolute Gasteiger partial charge is 0.311 e. The summed E-state index contributed by atoms with van der Waals surface area (Å²) in [7, 11) is 0. The minimum Gasteiger partial charge on any atom is -0.311 e. The second-order valence-corrected chi connectivity index (χ2v) is 17.3. The maximum Gasteiger partial charge on any atom is 0.252 e. The summed E-state index contributed by atoms with van der Waals surface area (Å²) in [6, 6.07) is 87.1. The molecule has 4 nitrogen and oxygen atoms in total. The summed E-state index contributed by atoms with van der Waals surface area (Å²) in [6.45, 7) is -0.0228. The predicted molar refractivity (Wildman–Crippen MR) is 275 cm³/mol. The van der Waals surface area contributed by atoms with Gasteiger partial charge in [0, 0.05) is 67.0 Å². The van der Waals surface area contributed by atoms with Crippen LogP contribution in [0.3, 0.4) is 0 Å². The van der Waals surface area contributed by atoms with Gasteiger partial charge in [-0.15, -0.1) is 0 Å². The standard InChI is InChI=1S/C60H39BN4/c1-3-16-40(17-4-1)41-30-32-43(33-31-41)63-57-29-15-28-56-60(57)61(51-37-35-45(39-59(51)63)65-54-26-13-9-22-48(54)49-23-10-14-27-55(49)65)50-36-34-44(38-58(50)62(56)42-18-5-2-6-19-42)64-52-24-11-7-20-46(52)47-21-8-12-25-53(47)64/h1-39H. The molecule has 4 heterocycles. The molecule has 0 bridgehead atoms. The van der Waals surface area contributed by atoms with Crippen LogP contribution in [-0.2, 0) is 0 Å². The zero-order valence-electron chi connectivity index (χ0n) is 35.4. The summed E-state index contributed by atoms with van der Waals surface area (Å²) in [5.74, 6) is 0. The van der Waals surface area contributed by atoms with Crippen molar-refractivity contribution >= 4 is 101 Å². The first-order chi connectivity index (χ1) is 32.3. The van der Waals surface area contributed by atoms with E-state index in [-0.39, 0.29) is 6.71 Å². The van der Waals surface area contributed by atoms with Crippen LogP contribution < -0.4 is 26.2 Å². The lowest BCUT2D eigenvalue weighted by Gasteiger charge is -2.44. The number of benzene rings is 10. The van der Waals surface area contributed by atoms with E-state index in [1.807, 2.05) is 0 Å². The fourth-order valence-corrected chi connectivity index (χ4v) is 11.2. The maximum absolute atomic E-state index is 2.51. The van der Waals surface area contributed by atoms with Crippen molar-refractivity contribution in [2.75, 3.05) is 9.80 Å². The molecule has 0 N–H and O–H groups in total. The normalized spacial score (nSPS) is 12.8. The minimum atomic E-state index is -0.0228. The van der Waals surface area contributed by atoms with Crippen molar-refractivity contribution in [2.24, 2.45) is 0 Å². The van der Waals surface area contributed by atoms with Crippen LogP contribution in [0.1, 0.15) is 0 Å². The maximum atomic E-state index is 2.51. The van der Waals surface area contributed by atoms with Gasteiger partial charge in [0.25, 0.3) is 6.71 Å². The molecule has 2 aromatic heterocycles. The van der Waals surface area contributed by atoms with E-state index >= 15 is 0 Å². The molecular formula is C60H39BN4. The van der Waals surface area contributed by atoms with Crippen LogP contribution in [0.4, 0.5) is 34.1 Å². The highest BCUT2D eigenvalue weighted by atomic mass is 15.2. The second-order valence-electron chi connectivity index (χ2n) is 17.3. The Balaban J connectivity index is 1.04. The molecular weight excluding hydrogens is 787 g/mol. The van der Waals surface area contributed by atoms with Crippen molar-refractivity contribution < 1.29 is 0 Å². The molecule has 0 atom stereocenters. The Morgan fingerprint density at radius 2 is 0.631 bits per heavy atom. The Hall–Kier alpha value is -8.54. The van der Waals surface area contributed by atoms with Gasteiger partial charge >= 0.3 is 0 Å². The minimum absolute atomic E-state index is 0.0228. The number of rotatable bonds is 5.